The molecule has 2 aliphatic rings. The standard InChI is InChI=1S/C9H10O2.C6H6O.C3H5BrO.2C2H6.2CH4/c1-2-4-8(5-3-1)10-6-9-7-11-9;7-6-4-2-1-3-5-6;4-1-3-2-5-3;2*1-2;;/h1-5,9H,6-7H2;1-5,7H;3H,1-2H2;2*1-2H3;2*1H4. The lowest BCUT2D eigenvalue weighted by molar-refractivity contribution is 0.263. The Labute approximate surface area is 187 Å². The van der Waals surface area contributed by atoms with Crippen LogP contribution in [0.2, 0.25) is 0 Å². The van der Waals surface area contributed by atoms with Crippen molar-refractivity contribution in [2.24, 2.45) is 0 Å². The Bertz CT molecular complexity index is 529. The van der Waals surface area contributed by atoms with E-state index in [-0.39, 0.29) is 14.9 Å². The molecule has 2 aliphatic heterocycles. The van der Waals surface area contributed by atoms with Crippen molar-refractivity contribution < 1.29 is 19.3 Å². The van der Waals surface area contributed by atoms with Gasteiger partial charge in [0.1, 0.15) is 24.2 Å². The molecule has 0 saturated carbocycles. The normalized spacial score (nSPS) is 16.4. The summed E-state index contributed by atoms with van der Waals surface area (Å²) >= 11 is 3.25. The predicted octanol–water partition coefficient (Wildman–Crippen LogP) is 6.96. The lowest BCUT2D eigenvalue weighted by Crippen LogP contribution is -2.03. The van der Waals surface area contributed by atoms with Gasteiger partial charge in [0.25, 0.3) is 0 Å². The molecular formula is C24H41BrO4. The third-order valence-electron chi connectivity index (χ3n) is 2.91. The molecule has 0 spiro atoms. The van der Waals surface area contributed by atoms with Gasteiger partial charge in [-0.15, -0.1) is 0 Å². The number of para-hydroxylation sites is 2. The Morgan fingerprint density at radius 2 is 1.24 bits per heavy atom. The van der Waals surface area contributed by atoms with E-state index in [0.717, 1.165) is 24.3 Å². The minimum atomic E-state index is 0. The summed E-state index contributed by atoms with van der Waals surface area (Å²) in [5.41, 5.74) is 0. The van der Waals surface area contributed by atoms with Crippen LogP contribution in [0.4, 0.5) is 0 Å². The molecule has 29 heavy (non-hydrogen) atoms. The van der Waals surface area contributed by atoms with Gasteiger partial charge in [0.15, 0.2) is 0 Å². The summed E-state index contributed by atoms with van der Waals surface area (Å²) in [5.74, 6) is 1.24. The summed E-state index contributed by atoms with van der Waals surface area (Å²) < 4.78 is 15.2. The molecule has 2 aromatic carbocycles. The van der Waals surface area contributed by atoms with Gasteiger partial charge >= 0.3 is 0 Å². The molecule has 1 N–H and O–H groups in total. The van der Waals surface area contributed by atoms with Gasteiger partial charge in [0, 0.05) is 5.33 Å². The average molecular weight is 473 g/mol. The number of hydrogen-bond acceptors (Lipinski definition) is 4. The number of epoxide rings is 2. The van der Waals surface area contributed by atoms with Crippen LogP contribution in [0.15, 0.2) is 60.7 Å². The molecule has 4 nitrogen and oxygen atoms in total. The highest BCUT2D eigenvalue weighted by Gasteiger charge is 2.22. The van der Waals surface area contributed by atoms with Crippen LogP contribution in [0, 0.1) is 0 Å². The molecule has 0 aliphatic carbocycles. The molecule has 5 heteroatoms. The maximum absolute atomic E-state index is 8.63. The van der Waals surface area contributed by atoms with Gasteiger partial charge < -0.3 is 19.3 Å². The van der Waals surface area contributed by atoms with Gasteiger partial charge in [-0.2, -0.15) is 0 Å². The van der Waals surface area contributed by atoms with E-state index in [1.807, 2.05) is 64.1 Å². The molecule has 4 rings (SSSR count). The highest BCUT2D eigenvalue weighted by atomic mass is 79.9. The smallest absolute Gasteiger partial charge is 0.119 e. The zero-order valence-corrected chi connectivity index (χ0v) is 18.4. The van der Waals surface area contributed by atoms with E-state index in [0.29, 0.717) is 24.6 Å². The second kappa shape index (κ2) is 22.7. The summed E-state index contributed by atoms with van der Waals surface area (Å²) in [6, 6.07) is 18.5. The Balaban J connectivity index is -0.000000329. The lowest BCUT2D eigenvalue weighted by atomic mass is 10.3. The third kappa shape index (κ3) is 21.0. The number of rotatable bonds is 4. The van der Waals surface area contributed by atoms with Crippen molar-refractivity contribution in [2.45, 2.75) is 54.8 Å². The molecule has 0 bridgehead atoms. The second-order valence-electron chi connectivity index (χ2n) is 5.02. The van der Waals surface area contributed by atoms with E-state index in [1.165, 1.54) is 0 Å². The van der Waals surface area contributed by atoms with Crippen molar-refractivity contribution in [1.29, 1.82) is 0 Å². The van der Waals surface area contributed by atoms with Gasteiger partial charge in [-0.25, -0.2) is 0 Å². The Hall–Kier alpha value is -1.56. The maximum atomic E-state index is 8.63. The minimum Gasteiger partial charge on any atom is -0.508 e. The first kappa shape index (κ1) is 32.1. The molecule has 2 heterocycles. The van der Waals surface area contributed by atoms with Crippen LogP contribution in [0.5, 0.6) is 11.5 Å². The summed E-state index contributed by atoms with van der Waals surface area (Å²) in [7, 11) is 0. The number of aromatic hydroxyl groups is 1. The summed E-state index contributed by atoms with van der Waals surface area (Å²) in [6.07, 6.45) is 0.894. The highest BCUT2D eigenvalue weighted by Crippen LogP contribution is 2.13. The average Bonchev–Trinajstić information content (AvgIpc) is 3.66. The minimum absolute atomic E-state index is 0. The van der Waals surface area contributed by atoms with Gasteiger partial charge in [-0.3, -0.25) is 0 Å². The van der Waals surface area contributed by atoms with Crippen LogP contribution < -0.4 is 4.74 Å². The van der Waals surface area contributed by atoms with Crippen molar-refractivity contribution >= 4 is 15.9 Å². The molecule has 2 fully saturated rings. The molecular weight excluding hydrogens is 432 g/mol. The molecule has 2 atom stereocenters. The van der Waals surface area contributed by atoms with Crippen molar-refractivity contribution in [3.63, 3.8) is 0 Å². The van der Waals surface area contributed by atoms with Crippen molar-refractivity contribution in [3.8, 4) is 11.5 Å². The molecule has 168 valence electrons. The first-order chi connectivity index (χ1) is 13.3. The number of phenols is 1. The Morgan fingerprint density at radius 1 is 0.828 bits per heavy atom. The number of ether oxygens (including phenoxy) is 3. The first-order valence-corrected chi connectivity index (χ1v) is 10.6. The third-order valence-corrected chi connectivity index (χ3v) is 3.63. The van der Waals surface area contributed by atoms with E-state index in [1.54, 1.807) is 24.3 Å². The summed E-state index contributed by atoms with van der Waals surface area (Å²) in [4.78, 5) is 0. The topological polar surface area (TPSA) is 54.5 Å². The Kier molecular flexibility index (Phi) is 25.2. The fourth-order valence-electron chi connectivity index (χ4n) is 1.46. The van der Waals surface area contributed by atoms with Crippen LogP contribution in [-0.4, -0.2) is 42.5 Å². The van der Waals surface area contributed by atoms with Crippen molar-refractivity contribution in [2.75, 3.05) is 25.2 Å². The first-order valence-electron chi connectivity index (χ1n) is 9.49. The summed E-state index contributed by atoms with van der Waals surface area (Å²) in [5, 5.41) is 9.64. The monoisotopic (exact) mass is 472 g/mol. The zero-order valence-electron chi connectivity index (χ0n) is 16.8. The van der Waals surface area contributed by atoms with Crippen LogP contribution in [0.1, 0.15) is 42.5 Å². The van der Waals surface area contributed by atoms with Crippen molar-refractivity contribution in [1.82, 2.24) is 0 Å². The van der Waals surface area contributed by atoms with Gasteiger partial charge in [-0.1, -0.05) is 94.9 Å². The highest BCUT2D eigenvalue weighted by molar-refractivity contribution is 9.09. The quantitative estimate of drug-likeness (QED) is 0.385. The van der Waals surface area contributed by atoms with Gasteiger partial charge in [-0.05, 0) is 24.3 Å². The van der Waals surface area contributed by atoms with E-state index in [2.05, 4.69) is 15.9 Å². The zero-order chi connectivity index (χ0) is 20.3. The second-order valence-corrected chi connectivity index (χ2v) is 5.67. The summed E-state index contributed by atoms with van der Waals surface area (Å²) in [6.45, 7) is 10.5. The molecule has 0 amide bonds. The number of benzene rings is 2. The van der Waals surface area contributed by atoms with Gasteiger partial charge in [0.2, 0.25) is 0 Å². The van der Waals surface area contributed by atoms with Crippen LogP contribution in [0.3, 0.4) is 0 Å². The van der Waals surface area contributed by atoms with E-state index < -0.39 is 0 Å². The Morgan fingerprint density at radius 3 is 1.52 bits per heavy atom. The fourth-order valence-corrected chi connectivity index (χ4v) is 1.83. The van der Waals surface area contributed by atoms with Crippen LogP contribution in [0.25, 0.3) is 0 Å². The number of hydrogen-bond donors (Lipinski definition) is 1. The van der Waals surface area contributed by atoms with Crippen LogP contribution >= 0.6 is 15.9 Å². The number of alkyl halides is 1. The number of halogens is 1. The molecule has 2 aromatic rings. The molecule has 0 aromatic heterocycles. The van der Waals surface area contributed by atoms with Crippen molar-refractivity contribution in [3.05, 3.63) is 60.7 Å². The molecule has 2 unspecified atom stereocenters. The number of phenolic OH excluding ortho intramolecular Hbond substituents is 1. The lowest BCUT2D eigenvalue weighted by Gasteiger charge is -2.01. The predicted molar refractivity (Wildman–Crippen MR) is 129 cm³/mol. The largest absolute Gasteiger partial charge is 0.508 e. The van der Waals surface area contributed by atoms with Crippen LogP contribution in [-0.2, 0) is 9.47 Å². The van der Waals surface area contributed by atoms with E-state index in [9.17, 15) is 0 Å². The SMILES string of the molecule is BrCC1CO1.C.C.CC.CC.Oc1ccccc1.c1ccc(OCC2CO2)cc1. The maximum Gasteiger partial charge on any atom is 0.119 e. The van der Waals surface area contributed by atoms with E-state index >= 15 is 0 Å². The van der Waals surface area contributed by atoms with Gasteiger partial charge in [0.05, 0.1) is 19.3 Å². The molecule has 0 radical (unpaired) electrons. The van der Waals surface area contributed by atoms with E-state index in [4.69, 9.17) is 19.3 Å². The molecule has 2 saturated heterocycles. The fraction of sp³-hybridized carbons (Fsp3) is 0.500.